The number of hydrogen-bond donors (Lipinski definition) is 0. The average Bonchev–Trinajstić information content (AvgIpc) is 2.92. The summed E-state index contributed by atoms with van der Waals surface area (Å²) in [6.45, 7) is 5.99. The van der Waals surface area contributed by atoms with E-state index < -0.39 is 0 Å². The molecule has 1 aliphatic heterocycles. The first-order chi connectivity index (χ1) is 12.5. The van der Waals surface area contributed by atoms with Crippen LogP contribution in [0.5, 0.6) is 5.75 Å². The van der Waals surface area contributed by atoms with Gasteiger partial charge in [0.05, 0.1) is 17.7 Å². The van der Waals surface area contributed by atoms with Crippen molar-refractivity contribution in [2.75, 3.05) is 7.11 Å². The van der Waals surface area contributed by atoms with Gasteiger partial charge < -0.3 is 4.74 Å². The monoisotopic (exact) mass is 366 g/mol. The number of carbonyl (C=O) groups is 1. The maximum atomic E-state index is 12.9. The van der Waals surface area contributed by atoms with Gasteiger partial charge in [0.25, 0.3) is 5.91 Å². The first-order valence-corrected chi connectivity index (χ1v) is 9.32. The number of aryl methyl sites for hydroxylation is 1. The van der Waals surface area contributed by atoms with E-state index in [9.17, 15) is 4.79 Å². The summed E-state index contributed by atoms with van der Waals surface area (Å²) in [5, 5.41) is 0.710. The molecule has 0 aliphatic carbocycles. The minimum atomic E-state index is -0.0146. The number of carbonyl (C=O) groups excluding carboxylic acids is 1. The molecule has 0 atom stereocenters. The third kappa shape index (κ3) is 3.83. The zero-order chi connectivity index (χ0) is 18.7. The summed E-state index contributed by atoms with van der Waals surface area (Å²) in [6.07, 6.45) is 1.90. The zero-order valence-corrected chi connectivity index (χ0v) is 16.2. The van der Waals surface area contributed by atoms with Crippen molar-refractivity contribution in [1.29, 1.82) is 0 Å². The van der Waals surface area contributed by atoms with Crippen LogP contribution in [0.1, 0.15) is 25.0 Å². The molecule has 1 amide bonds. The predicted octanol–water partition coefficient (Wildman–Crippen LogP) is 5.02. The number of rotatable bonds is 4. The molecule has 1 heterocycles. The van der Waals surface area contributed by atoms with Gasteiger partial charge in [-0.15, -0.1) is 0 Å². The van der Waals surface area contributed by atoms with E-state index in [1.54, 1.807) is 12.0 Å². The van der Waals surface area contributed by atoms with Crippen LogP contribution in [-0.4, -0.2) is 29.1 Å². The highest BCUT2D eigenvalue weighted by atomic mass is 32.2. The van der Waals surface area contributed by atoms with Crippen LogP contribution in [0.2, 0.25) is 0 Å². The molecule has 1 aliphatic rings. The molecule has 0 spiro atoms. The maximum absolute atomic E-state index is 12.9. The molecule has 0 N–H and O–H groups in total. The van der Waals surface area contributed by atoms with E-state index in [-0.39, 0.29) is 11.9 Å². The number of methoxy groups -OCH3 is 1. The van der Waals surface area contributed by atoms with Crippen molar-refractivity contribution >= 4 is 34.6 Å². The molecule has 0 aromatic heterocycles. The third-order valence-corrected chi connectivity index (χ3v) is 5.05. The van der Waals surface area contributed by atoms with Gasteiger partial charge in [-0.05, 0) is 67.9 Å². The zero-order valence-electron chi connectivity index (χ0n) is 15.4. The first-order valence-electron chi connectivity index (χ1n) is 8.51. The summed E-state index contributed by atoms with van der Waals surface area (Å²) in [5.74, 6) is 0.799. The van der Waals surface area contributed by atoms with Crippen LogP contribution in [0.25, 0.3) is 6.08 Å². The van der Waals surface area contributed by atoms with Crippen molar-refractivity contribution in [3.05, 3.63) is 64.6 Å². The molecular weight excluding hydrogens is 344 g/mol. The number of hydrogen-bond acceptors (Lipinski definition) is 4. The highest BCUT2D eigenvalue weighted by molar-refractivity contribution is 8.18. The number of para-hydroxylation sites is 1. The first kappa shape index (κ1) is 18.3. The van der Waals surface area contributed by atoms with Gasteiger partial charge in [0, 0.05) is 6.04 Å². The van der Waals surface area contributed by atoms with Gasteiger partial charge >= 0.3 is 0 Å². The van der Waals surface area contributed by atoms with Crippen LogP contribution in [0.4, 0.5) is 5.69 Å². The van der Waals surface area contributed by atoms with E-state index in [1.807, 2.05) is 75.4 Å². The Hall–Kier alpha value is -2.53. The molecule has 134 valence electrons. The summed E-state index contributed by atoms with van der Waals surface area (Å²) >= 11 is 1.41. The Bertz CT molecular complexity index is 873. The molecule has 2 aromatic rings. The standard InChI is InChI=1S/C21H22N2O2S/c1-14(2)23-20(24)19(13-16-11-10-15(3)18(12-16)25-4)26-21(23)22-17-8-6-5-7-9-17/h5-14H,1-4H3/b19-13+,22-21?. The lowest BCUT2D eigenvalue weighted by Crippen LogP contribution is -2.35. The van der Waals surface area contributed by atoms with Gasteiger partial charge in [-0.2, -0.15) is 0 Å². The van der Waals surface area contributed by atoms with Gasteiger partial charge in [0.2, 0.25) is 0 Å². The van der Waals surface area contributed by atoms with E-state index in [1.165, 1.54) is 11.8 Å². The number of benzene rings is 2. The van der Waals surface area contributed by atoms with E-state index in [0.29, 0.717) is 10.1 Å². The number of amides is 1. The third-order valence-electron chi connectivity index (χ3n) is 4.06. The molecule has 0 radical (unpaired) electrons. The Kier molecular flexibility index (Phi) is 5.47. The van der Waals surface area contributed by atoms with Crippen LogP contribution in [0.3, 0.4) is 0 Å². The maximum Gasteiger partial charge on any atom is 0.266 e. The quantitative estimate of drug-likeness (QED) is 0.714. The highest BCUT2D eigenvalue weighted by Crippen LogP contribution is 2.35. The van der Waals surface area contributed by atoms with Crippen LogP contribution in [-0.2, 0) is 4.79 Å². The molecule has 1 fully saturated rings. The molecule has 0 saturated carbocycles. The van der Waals surface area contributed by atoms with Gasteiger partial charge in [-0.3, -0.25) is 9.69 Å². The molecule has 26 heavy (non-hydrogen) atoms. The van der Waals surface area contributed by atoms with E-state index >= 15 is 0 Å². The molecule has 0 unspecified atom stereocenters. The molecular formula is C21H22N2O2S. The van der Waals surface area contributed by atoms with Gasteiger partial charge in [0.1, 0.15) is 5.75 Å². The van der Waals surface area contributed by atoms with E-state index in [4.69, 9.17) is 4.74 Å². The van der Waals surface area contributed by atoms with Crippen molar-refractivity contribution in [2.24, 2.45) is 4.99 Å². The van der Waals surface area contributed by atoms with Crippen LogP contribution >= 0.6 is 11.8 Å². The largest absolute Gasteiger partial charge is 0.496 e. The Morgan fingerprint density at radius 3 is 2.54 bits per heavy atom. The molecule has 2 aromatic carbocycles. The lowest BCUT2D eigenvalue weighted by atomic mass is 10.1. The summed E-state index contributed by atoms with van der Waals surface area (Å²) in [6, 6.07) is 15.7. The number of ether oxygens (including phenoxy) is 1. The molecule has 3 rings (SSSR count). The fourth-order valence-electron chi connectivity index (χ4n) is 2.71. The van der Waals surface area contributed by atoms with Crippen molar-refractivity contribution < 1.29 is 9.53 Å². The van der Waals surface area contributed by atoms with Crippen molar-refractivity contribution in [3.63, 3.8) is 0 Å². The molecule has 4 nitrogen and oxygen atoms in total. The van der Waals surface area contributed by atoms with Crippen molar-refractivity contribution in [1.82, 2.24) is 4.90 Å². The minimum absolute atomic E-state index is 0.0146. The van der Waals surface area contributed by atoms with Crippen LogP contribution < -0.4 is 4.74 Å². The fourth-order valence-corrected chi connectivity index (χ4v) is 3.83. The molecule has 1 saturated heterocycles. The SMILES string of the molecule is COc1cc(/C=C2/SC(=Nc3ccccc3)N(C(C)C)C2=O)ccc1C. The van der Waals surface area contributed by atoms with Crippen molar-refractivity contribution in [2.45, 2.75) is 26.8 Å². The second-order valence-corrected chi connectivity index (χ2v) is 7.35. The predicted molar refractivity (Wildman–Crippen MR) is 109 cm³/mol. The van der Waals surface area contributed by atoms with Gasteiger partial charge in [0.15, 0.2) is 5.17 Å². The molecule has 5 heteroatoms. The van der Waals surface area contributed by atoms with Gasteiger partial charge in [-0.25, -0.2) is 4.99 Å². The second-order valence-electron chi connectivity index (χ2n) is 6.34. The Labute approximate surface area is 158 Å². The number of aliphatic imine (C=N–C) groups is 1. The summed E-state index contributed by atoms with van der Waals surface area (Å²) in [4.78, 5) is 20.0. The van der Waals surface area contributed by atoms with E-state index in [2.05, 4.69) is 4.99 Å². The Morgan fingerprint density at radius 1 is 1.15 bits per heavy atom. The average molecular weight is 366 g/mol. The minimum Gasteiger partial charge on any atom is -0.496 e. The summed E-state index contributed by atoms with van der Waals surface area (Å²) in [7, 11) is 1.65. The van der Waals surface area contributed by atoms with Crippen LogP contribution in [0.15, 0.2) is 58.4 Å². The lowest BCUT2D eigenvalue weighted by molar-refractivity contribution is -0.123. The topological polar surface area (TPSA) is 41.9 Å². The number of amidine groups is 1. The van der Waals surface area contributed by atoms with Crippen molar-refractivity contribution in [3.8, 4) is 5.75 Å². The smallest absolute Gasteiger partial charge is 0.266 e. The van der Waals surface area contributed by atoms with E-state index in [0.717, 1.165) is 22.6 Å². The number of thioether (sulfide) groups is 1. The second kappa shape index (κ2) is 7.79. The molecule has 0 bridgehead atoms. The lowest BCUT2D eigenvalue weighted by Gasteiger charge is -2.19. The number of nitrogens with zero attached hydrogens (tertiary/aromatic N) is 2. The van der Waals surface area contributed by atoms with Gasteiger partial charge in [-0.1, -0.05) is 30.3 Å². The Morgan fingerprint density at radius 2 is 1.88 bits per heavy atom. The highest BCUT2D eigenvalue weighted by Gasteiger charge is 2.35. The van der Waals surface area contributed by atoms with Crippen LogP contribution in [0, 0.1) is 6.92 Å². The summed E-state index contributed by atoms with van der Waals surface area (Å²) in [5.41, 5.74) is 2.84. The summed E-state index contributed by atoms with van der Waals surface area (Å²) < 4.78 is 5.38. The Balaban J connectivity index is 1.97. The normalized spacial score (nSPS) is 17.6. The fraction of sp³-hybridized carbons (Fsp3) is 0.238.